The van der Waals surface area contributed by atoms with E-state index in [0.29, 0.717) is 12.2 Å². The smallest absolute Gasteiger partial charge is 0.243 e. The minimum atomic E-state index is -3.79. The fraction of sp³-hybridized carbons (Fsp3) is 0.412. The molecule has 0 atom stereocenters. The molecule has 10 heteroatoms. The first-order valence-electron chi connectivity index (χ1n) is 8.28. The van der Waals surface area contributed by atoms with E-state index in [1.165, 1.54) is 38.2 Å². The number of rotatable bonds is 7. The van der Waals surface area contributed by atoms with Crippen molar-refractivity contribution >= 4 is 39.9 Å². The molecule has 1 aliphatic rings. The molecular formula is C17H25ClN4O4S. The molecule has 8 nitrogen and oxygen atoms in total. The fourth-order valence-corrected chi connectivity index (χ4v) is 3.61. The van der Waals surface area contributed by atoms with Crippen LogP contribution in [0, 0.1) is 0 Å². The average molecular weight is 417 g/mol. The highest BCUT2D eigenvalue weighted by Crippen LogP contribution is 2.17. The van der Waals surface area contributed by atoms with E-state index in [1.807, 2.05) is 6.08 Å². The lowest BCUT2D eigenvalue weighted by molar-refractivity contribution is -0.121. The number of nitrogens with one attached hydrogen (secondary N) is 3. The van der Waals surface area contributed by atoms with Crippen molar-refractivity contribution in [2.45, 2.75) is 18.2 Å². The largest absolute Gasteiger partial charge is 0.351 e. The van der Waals surface area contributed by atoms with Gasteiger partial charge < -0.3 is 16.0 Å². The van der Waals surface area contributed by atoms with Crippen LogP contribution in [0.2, 0.25) is 0 Å². The Morgan fingerprint density at radius 2 is 1.89 bits per heavy atom. The van der Waals surface area contributed by atoms with E-state index in [4.69, 9.17) is 0 Å². The third-order valence-corrected chi connectivity index (χ3v) is 5.74. The first-order valence-corrected chi connectivity index (χ1v) is 9.72. The zero-order valence-corrected chi connectivity index (χ0v) is 17.0. The topological polar surface area (TPSA) is 108 Å². The van der Waals surface area contributed by atoms with Gasteiger partial charge in [-0.2, -0.15) is 4.31 Å². The standard InChI is InChI=1S/C17H24N4O4S.ClH/c1-13(22)20-15-3-5-16(6-4-15)26(24,25)21(2)12-17(23)19-11-14-7-9-18-10-8-14;/h3-7,18H,8-12H2,1-2H3,(H,19,23)(H,20,22);1H. The van der Waals surface area contributed by atoms with Crippen LogP contribution in [0.3, 0.4) is 0 Å². The second kappa shape index (κ2) is 10.4. The normalized spacial score (nSPS) is 14.1. The summed E-state index contributed by atoms with van der Waals surface area (Å²) in [5.41, 5.74) is 1.64. The highest BCUT2D eigenvalue weighted by molar-refractivity contribution is 7.89. The number of carbonyl (C=O) groups is 2. The van der Waals surface area contributed by atoms with Gasteiger partial charge in [0.2, 0.25) is 21.8 Å². The summed E-state index contributed by atoms with van der Waals surface area (Å²) in [5.74, 6) is -0.594. The predicted octanol–water partition coefficient (Wildman–Crippen LogP) is 0.723. The number of amides is 2. The van der Waals surface area contributed by atoms with E-state index >= 15 is 0 Å². The van der Waals surface area contributed by atoms with Crippen LogP contribution in [0.25, 0.3) is 0 Å². The molecule has 0 unspecified atom stereocenters. The maximum atomic E-state index is 12.5. The zero-order chi connectivity index (χ0) is 19.2. The van der Waals surface area contributed by atoms with Crippen molar-refractivity contribution in [2.24, 2.45) is 0 Å². The molecular weight excluding hydrogens is 392 g/mol. The van der Waals surface area contributed by atoms with Gasteiger partial charge in [0.05, 0.1) is 11.4 Å². The van der Waals surface area contributed by atoms with E-state index in [-0.39, 0.29) is 35.7 Å². The number of benzene rings is 1. The monoisotopic (exact) mass is 416 g/mol. The molecule has 0 fully saturated rings. The van der Waals surface area contributed by atoms with Crippen molar-refractivity contribution in [3.8, 4) is 0 Å². The summed E-state index contributed by atoms with van der Waals surface area (Å²) < 4.78 is 26.1. The van der Waals surface area contributed by atoms with Gasteiger partial charge in [-0.3, -0.25) is 9.59 Å². The van der Waals surface area contributed by atoms with Crippen molar-refractivity contribution in [3.63, 3.8) is 0 Å². The maximum Gasteiger partial charge on any atom is 0.243 e. The van der Waals surface area contributed by atoms with Crippen LogP contribution in [-0.4, -0.2) is 57.8 Å². The van der Waals surface area contributed by atoms with Crippen LogP contribution in [0.1, 0.15) is 13.3 Å². The summed E-state index contributed by atoms with van der Waals surface area (Å²) >= 11 is 0. The predicted molar refractivity (Wildman–Crippen MR) is 106 cm³/mol. The Hall–Kier alpha value is -1.94. The highest BCUT2D eigenvalue weighted by Gasteiger charge is 2.23. The lowest BCUT2D eigenvalue weighted by Crippen LogP contribution is -2.39. The molecule has 0 saturated heterocycles. The summed E-state index contributed by atoms with van der Waals surface area (Å²) in [5, 5.41) is 8.51. The van der Waals surface area contributed by atoms with Crippen LogP contribution in [0.15, 0.2) is 40.8 Å². The lowest BCUT2D eigenvalue weighted by atomic mass is 10.1. The Morgan fingerprint density at radius 3 is 2.44 bits per heavy atom. The minimum absolute atomic E-state index is 0. The molecule has 2 amide bonds. The molecule has 0 spiro atoms. The van der Waals surface area contributed by atoms with Gasteiger partial charge in [-0.1, -0.05) is 11.6 Å². The number of carbonyl (C=O) groups excluding carboxylic acids is 2. The van der Waals surface area contributed by atoms with Gasteiger partial charge in [-0.05, 0) is 37.2 Å². The first kappa shape index (κ1) is 23.1. The molecule has 0 aliphatic carbocycles. The van der Waals surface area contributed by atoms with Gasteiger partial charge >= 0.3 is 0 Å². The summed E-state index contributed by atoms with van der Waals surface area (Å²) in [6.45, 7) is 3.20. The van der Waals surface area contributed by atoms with E-state index in [9.17, 15) is 18.0 Å². The third kappa shape index (κ3) is 6.94. The van der Waals surface area contributed by atoms with E-state index < -0.39 is 10.0 Å². The van der Waals surface area contributed by atoms with Gasteiger partial charge in [0.1, 0.15) is 0 Å². The number of hydrogen-bond acceptors (Lipinski definition) is 5. The average Bonchev–Trinajstić information content (AvgIpc) is 2.61. The van der Waals surface area contributed by atoms with Crippen LogP contribution in [-0.2, 0) is 19.6 Å². The number of hydrogen-bond donors (Lipinski definition) is 3. The molecule has 1 heterocycles. The van der Waals surface area contributed by atoms with Crippen molar-refractivity contribution < 1.29 is 18.0 Å². The molecule has 1 aromatic carbocycles. The molecule has 1 aliphatic heterocycles. The number of likely N-dealkylation sites (N-methyl/N-ethyl adjacent to an activating group) is 1. The lowest BCUT2D eigenvalue weighted by Gasteiger charge is -2.18. The van der Waals surface area contributed by atoms with Crippen LogP contribution in [0.5, 0.6) is 0 Å². The van der Waals surface area contributed by atoms with Gasteiger partial charge in [-0.25, -0.2) is 8.42 Å². The SMILES string of the molecule is CC(=O)Nc1ccc(S(=O)(=O)N(C)CC(=O)NCC2=CCNCC2)cc1.Cl. The van der Waals surface area contributed by atoms with E-state index in [0.717, 1.165) is 29.4 Å². The van der Waals surface area contributed by atoms with Crippen LogP contribution < -0.4 is 16.0 Å². The van der Waals surface area contributed by atoms with Gasteiger partial charge in [0.25, 0.3) is 0 Å². The second-order valence-corrected chi connectivity index (χ2v) is 8.10. The van der Waals surface area contributed by atoms with Crippen molar-refractivity contribution in [1.29, 1.82) is 0 Å². The Balaban J connectivity index is 0.00000364. The molecule has 3 N–H and O–H groups in total. The Bertz CT molecular complexity index is 794. The summed E-state index contributed by atoms with van der Waals surface area (Å²) in [4.78, 5) is 23.1. The van der Waals surface area contributed by atoms with Crippen LogP contribution in [0.4, 0.5) is 5.69 Å². The van der Waals surface area contributed by atoms with Crippen molar-refractivity contribution in [1.82, 2.24) is 14.9 Å². The highest BCUT2D eigenvalue weighted by atomic mass is 35.5. The molecule has 0 bridgehead atoms. The van der Waals surface area contributed by atoms with Crippen molar-refractivity contribution in [2.75, 3.05) is 38.5 Å². The summed E-state index contributed by atoms with van der Waals surface area (Å²) in [7, 11) is -2.43. The quantitative estimate of drug-likeness (QED) is 0.568. The first-order chi connectivity index (χ1) is 12.3. The Kier molecular flexibility index (Phi) is 8.91. The van der Waals surface area contributed by atoms with Crippen molar-refractivity contribution in [3.05, 3.63) is 35.9 Å². The number of sulfonamides is 1. The van der Waals surface area contributed by atoms with Crippen LogP contribution >= 0.6 is 12.4 Å². The zero-order valence-electron chi connectivity index (χ0n) is 15.3. The molecule has 0 aromatic heterocycles. The van der Waals surface area contributed by atoms with Gasteiger partial charge in [-0.15, -0.1) is 12.4 Å². The number of nitrogens with zero attached hydrogens (tertiary/aromatic N) is 1. The molecule has 0 saturated carbocycles. The minimum Gasteiger partial charge on any atom is -0.351 e. The molecule has 27 heavy (non-hydrogen) atoms. The number of halogens is 1. The Labute approximate surface area is 165 Å². The van der Waals surface area contributed by atoms with Gasteiger partial charge in [0.15, 0.2) is 0 Å². The Morgan fingerprint density at radius 1 is 1.22 bits per heavy atom. The number of anilines is 1. The second-order valence-electron chi connectivity index (χ2n) is 6.06. The molecule has 150 valence electrons. The van der Waals surface area contributed by atoms with E-state index in [1.54, 1.807) is 0 Å². The van der Waals surface area contributed by atoms with E-state index in [2.05, 4.69) is 16.0 Å². The molecule has 2 rings (SSSR count). The third-order valence-electron chi connectivity index (χ3n) is 3.92. The van der Waals surface area contributed by atoms with Gasteiger partial charge in [0, 0.05) is 32.7 Å². The molecule has 1 aromatic rings. The molecule has 0 radical (unpaired) electrons. The fourth-order valence-electron chi connectivity index (χ4n) is 2.48. The summed E-state index contributed by atoms with van der Waals surface area (Å²) in [6, 6.07) is 5.81. The summed E-state index contributed by atoms with van der Waals surface area (Å²) in [6.07, 6.45) is 2.90. The maximum absolute atomic E-state index is 12.5.